The molecule has 3 heteroatoms. The summed E-state index contributed by atoms with van der Waals surface area (Å²) in [6.45, 7) is 3.84. The van der Waals surface area contributed by atoms with Gasteiger partial charge >= 0.3 is 0 Å². The highest BCUT2D eigenvalue weighted by Crippen LogP contribution is 2.18. The van der Waals surface area contributed by atoms with Crippen LogP contribution in [0.2, 0.25) is 0 Å². The summed E-state index contributed by atoms with van der Waals surface area (Å²) in [6.07, 6.45) is -0.109. The SMILES string of the molecule is CC(C)C(O)Cc1ccc(Br)cc1F. The fourth-order valence-electron chi connectivity index (χ4n) is 1.15. The summed E-state index contributed by atoms with van der Waals surface area (Å²) < 4.78 is 14.1. The molecule has 0 radical (unpaired) electrons. The Morgan fingerprint density at radius 2 is 2.07 bits per heavy atom. The van der Waals surface area contributed by atoms with E-state index < -0.39 is 6.10 Å². The van der Waals surface area contributed by atoms with E-state index in [0.717, 1.165) is 4.47 Å². The Hall–Kier alpha value is -0.410. The second-order valence-electron chi connectivity index (χ2n) is 3.75. The van der Waals surface area contributed by atoms with Crippen LogP contribution in [-0.2, 0) is 6.42 Å². The molecular weight excluding hydrogens is 247 g/mol. The molecule has 0 spiro atoms. The lowest BCUT2D eigenvalue weighted by molar-refractivity contribution is 0.124. The van der Waals surface area contributed by atoms with E-state index in [2.05, 4.69) is 15.9 Å². The van der Waals surface area contributed by atoms with Crippen LogP contribution >= 0.6 is 15.9 Å². The quantitative estimate of drug-likeness (QED) is 0.886. The van der Waals surface area contributed by atoms with Crippen LogP contribution in [0.4, 0.5) is 4.39 Å². The van der Waals surface area contributed by atoms with Crippen molar-refractivity contribution in [2.75, 3.05) is 0 Å². The van der Waals surface area contributed by atoms with Crippen molar-refractivity contribution in [3.05, 3.63) is 34.1 Å². The average molecular weight is 261 g/mol. The van der Waals surface area contributed by atoms with Crippen molar-refractivity contribution in [1.82, 2.24) is 0 Å². The maximum atomic E-state index is 13.3. The fourth-order valence-corrected chi connectivity index (χ4v) is 1.48. The third kappa shape index (κ3) is 3.07. The molecule has 0 aliphatic carbocycles. The Balaban J connectivity index is 2.77. The molecule has 0 bridgehead atoms. The molecule has 0 aliphatic rings. The first-order valence-electron chi connectivity index (χ1n) is 4.62. The monoisotopic (exact) mass is 260 g/mol. The molecule has 1 nitrogen and oxygen atoms in total. The molecule has 0 saturated carbocycles. The Labute approximate surface area is 92.1 Å². The molecule has 1 rings (SSSR count). The minimum atomic E-state index is -0.481. The summed E-state index contributed by atoms with van der Waals surface area (Å²) in [4.78, 5) is 0. The van der Waals surface area contributed by atoms with Crippen molar-refractivity contribution < 1.29 is 9.50 Å². The van der Waals surface area contributed by atoms with E-state index in [9.17, 15) is 9.50 Å². The first-order chi connectivity index (χ1) is 6.50. The van der Waals surface area contributed by atoms with E-state index in [-0.39, 0.29) is 11.7 Å². The molecule has 0 aromatic heterocycles. The van der Waals surface area contributed by atoms with Crippen LogP contribution in [0.3, 0.4) is 0 Å². The normalized spacial score (nSPS) is 13.3. The molecule has 1 aromatic rings. The first kappa shape index (κ1) is 11.7. The van der Waals surface area contributed by atoms with Crippen molar-refractivity contribution in [3.63, 3.8) is 0 Å². The third-order valence-corrected chi connectivity index (χ3v) is 2.71. The molecule has 1 aromatic carbocycles. The molecule has 0 saturated heterocycles. The molecule has 0 amide bonds. The van der Waals surface area contributed by atoms with Crippen LogP contribution in [-0.4, -0.2) is 11.2 Å². The number of hydrogen-bond donors (Lipinski definition) is 1. The van der Waals surface area contributed by atoms with Crippen LogP contribution in [0.5, 0.6) is 0 Å². The molecule has 1 unspecified atom stereocenters. The van der Waals surface area contributed by atoms with E-state index in [1.54, 1.807) is 12.1 Å². The summed E-state index contributed by atoms with van der Waals surface area (Å²) in [5, 5.41) is 9.60. The Kier molecular flexibility index (Phi) is 4.08. The number of aliphatic hydroxyl groups is 1. The number of halogens is 2. The van der Waals surface area contributed by atoms with Gasteiger partial charge in [-0.15, -0.1) is 0 Å². The zero-order valence-corrected chi connectivity index (χ0v) is 9.88. The summed E-state index contributed by atoms with van der Waals surface area (Å²) in [6, 6.07) is 4.90. The van der Waals surface area contributed by atoms with Gasteiger partial charge in [0.25, 0.3) is 0 Å². The molecule has 0 heterocycles. The van der Waals surface area contributed by atoms with Gasteiger partial charge in [-0.05, 0) is 23.6 Å². The summed E-state index contributed by atoms with van der Waals surface area (Å²) in [5.74, 6) is -0.114. The van der Waals surface area contributed by atoms with E-state index >= 15 is 0 Å². The molecule has 14 heavy (non-hydrogen) atoms. The van der Waals surface area contributed by atoms with Crippen molar-refractivity contribution >= 4 is 15.9 Å². The second kappa shape index (κ2) is 4.89. The summed E-state index contributed by atoms with van der Waals surface area (Å²) in [5.41, 5.74) is 0.564. The maximum absolute atomic E-state index is 13.3. The van der Waals surface area contributed by atoms with Crippen molar-refractivity contribution in [2.45, 2.75) is 26.4 Å². The highest BCUT2D eigenvalue weighted by atomic mass is 79.9. The zero-order valence-electron chi connectivity index (χ0n) is 8.30. The van der Waals surface area contributed by atoms with E-state index in [4.69, 9.17) is 0 Å². The molecule has 78 valence electrons. The number of benzene rings is 1. The van der Waals surface area contributed by atoms with Crippen LogP contribution in [0.1, 0.15) is 19.4 Å². The van der Waals surface area contributed by atoms with Gasteiger partial charge in [0, 0.05) is 10.9 Å². The zero-order chi connectivity index (χ0) is 10.7. The molecule has 0 aliphatic heterocycles. The predicted molar refractivity (Wildman–Crippen MR) is 58.6 cm³/mol. The van der Waals surface area contributed by atoms with Gasteiger partial charge in [-0.1, -0.05) is 35.8 Å². The minimum Gasteiger partial charge on any atom is -0.393 e. The number of hydrogen-bond acceptors (Lipinski definition) is 1. The lowest BCUT2D eigenvalue weighted by Crippen LogP contribution is -2.18. The van der Waals surface area contributed by atoms with Gasteiger partial charge in [0.2, 0.25) is 0 Å². The van der Waals surface area contributed by atoms with Crippen LogP contribution in [0, 0.1) is 11.7 Å². The topological polar surface area (TPSA) is 20.2 Å². The highest BCUT2D eigenvalue weighted by Gasteiger charge is 2.12. The Morgan fingerprint density at radius 1 is 1.43 bits per heavy atom. The third-order valence-electron chi connectivity index (χ3n) is 2.21. The van der Waals surface area contributed by atoms with E-state index in [1.807, 2.05) is 13.8 Å². The molecule has 1 atom stereocenters. The van der Waals surface area contributed by atoms with E-state index in [1.165, 1.54) is 6.07 Å². The van der Waals surface area contributed by atoms with Crippen LogP contribution in [0.25, 0.3) is 0 Å². The fraction of sp³-hybridized carbons (Fsp3) is 0.455. The van der Waals surface area contributed by atoms with Gasteiger partial charge in [-0.2, -0.15) is 0 Å². The summed E-state index contributed by atoms with van der Waals surface area (Å²) in [7, 11) is 0. The van der Waals surface area contributed by atoms with Crippen LogP contribution in [0.15, 0.2) is 22.7 Å². The largest absolute Gasteiger partial charge is 0.393 e. The minimum absolute atomic E-state index is 0.151. The van der Waals surface area contributed by atoms with E-state index in [0.29, 0.717) is 12.0 Å². The summed E-state index contributed by atoms with van der Waals surface area (Å²) >= 11 is 3.19. The lowest BCUT2D eigenvalue weighted by atomic mass is 9.99. The van der Waals surface area contributed by atoms with Crippen LogP contribution < -0.4 is 0 Å². The lowest BCUT2D eigenvalue weighted by Gasteiger charge is -2.14. The van der Waals surface area contributed by atoms with Gasteiger partial charge in [0.1, 0.15) is 5.82 Å². The molecule has 0 fully saturated rings. The molecular formula is C11H14BrFO. The predicted octanol–water partition coefficient (Wildman–Crippen LogP) is 3.15. The highest BCUT2D eigenvalue weighted by molar-refractivity contribution is 9.10. The van der Waals surface area contributed by atoms with Gasteiger partial charge in [-0.3, -0.25) is 0 Å². The second-order valence-corrected chi connectivity index (χ2v) is 4.67. The van der Waals surface area contributed by atoms with Gasteiger partial charge in [0.05, 0.1) is 6.10 Å². The maximum Gasteiger partial charge on any atom is 0.127 e. The number of aliphatic hydroxyl groups excluding tert-OH is 1. The van der Waals surface area contributed by atoms with Gasteiger partial charge in [0.15, 0.2) is 0 Å². The number of rotatable bonds is 3. The first-order valence-corrected chi connectivity index (χ1v) is 5.42. The van der Waals surface area contributed by atoms with Gasteiger partial charge < -0.3 is 5.11 Å². The molecule has 1 N–H and O–H groups in total. The average Bonchev–Trinajstić information content (AvgIpc) is 2.09. The Bertz CT molecular complexity index is 312. The van der Waals surface area contributed by atoms with Crippen molar-refractivity contribution in [1.29, 1.82) is 0 Å². The smallest absolute Gasteiger partial charge is 0.127 e. The Morgan fingerprint density at radius 3 is 2.57 bits per heavy atom. The van der Waals surface area contributed by atoms with Gasteiger partial charge in [-0.25, -0.2) is 4.39 Å². The van der Waals surface area contributed by atoms with Crippen molar-refractivity contribution in [3.8, 4) is 0 Å². The van der Waals surface area contributed by atoms with Crippen molar-refractivity contribution in [2.24, 2.45) is 5.92 Å². The standard InChI is InChI=1S/C11H14BrFO/c1-7(2)11(14)5-8-3-4-9(12)6-10(8)13/h3-4,6-7,11,14H,5H2,1-2H3.